The molecule has 0 unspecified atom stereocenters. The fourth-order valence-electron chi connectivity index (χ4n) is 4.18. The monoisotopic (exact) mass is 598 g/mol. The number of rotatable bonds is 12. The van der Waals surface area contributed by atoms with Crippen LogP contribution in [0, 0.1) is 0 Å². The van der Waals surface area contributed by atoms with E-state index in [1.807, 2.05) is 20.8 Å². The average Bonchev–Trinajstić information content (AvgIpc) is 3.39. The number of Topliss-reactive ketones (excluding diaryl/α,β-unsaturated/α-hetero) is 1. The topological polar surface area (TPSA) is 105 Å². The van der Waals surface area contributed by atoms with Gasteiger partial charge in [0.15, 0.2) is 0 Å². The number of amides is 1. The number of ketones is 1. The van der Waals surface area contributed by atoms with Crippen LogP contribution in [0.1, 0.15) is 59.8 Å². The third kappa shape index (κ3) is 7.66. The van der Waals surface area contributed by atoms with Gasteiger partial charge in [0.05, 0.1) is 36.7 Å². The minimum Gasteiger partial charge on any atom is -0.489 e. The summed E-state index contributed by atoms with van der Waals surface area (Å²) in [7, 11) is 1.00. The van der Waals surface area contributed by atoms with Gasteiger partial charge in [0.2, 0.25) is 5.91 Å². The first-order valence-corrected chi connectivity index (χ1v) is 13.5. The van der Waals surface area contributed by atoms with Crippen LogP contribution in [-0.4, -0.2) is 46.7 Å². The molecule has 1 amide bonds. The Morgan fingerprint density at radius 2 is 1.83 bits per heavy atom. The van der Waals surface area contributed by atoms with E-state index in [4.69, 9.17) is 29.3 Å². The van der Waals surface area contributed by atoms with Crippen LogP contribution in [0.15, 0.2) is 48.7 Å². The second kappa shape index (κ2) is 13.4. The molecule has 42 heavy (non-hydrogen) atoms. The lowest BCUT2D eigenvalue weighted by Gasteiger charge is -2.15. The van der Waals surface area contributed by atoms with Gasteiger partial charge in [-0.2, -0.15) is 5.10 Å². The molecule has 222 valence electrons. The molecule has 0 aliphatic carbocycles. The van der Waals surface area contributed by atoms with Crippen LogP contribution in [0.3, 0.4) is 0 Å². The molecular formula is C32H37ClN4O5. The standard InChI is InChI=1S/C32H37ClN4O5/c1-7-37-22(17-31(36-37)32(3,4)5)16-23(39)14-21-8-9-29(25(33)15-21)42-28-10-11-34-26-19-30(41-13-12-40-6)27(18-24(26)28)35-20(2)38/h8-11,15,17-19H,7,12-14,16H2,1-6H3,(H,35,38)/i7D2,12D2,13D2. The Hall–Kier alpha value is -3.95. The summed E-state index contributed by atoms with van der Waals surface area (Å²) in [6.45, 7) is 1.02. The minimum atomic E-state index is -2.94. The Labute approximate surface area is 259 Å². The normalized spacial score (nSPS) is 14.6. The summed E-state index contributed by atoms with van der Waals surface area (Å²) in [5.41, 5.74) is 1.79. The molecule has 0 radical (unpaired) electrons. The molecule has 0 aliphatic heterocycles. The van der Waals surface area contributed by atoms with Crippen LogP contribution in [0.4, 0.5) is 5.69 Å². The summed E-state index contributed by atoms with van der Waals surface area (Å²) in [6.07, 6.45) is 1.46. The summed E-state index contributed by atoms with van der Waals surface area (Å²) in [6, 6.07) is 11.0. The Kier molecular flexibility index (Phi) is 7.50. The van der Waals surface area contributed by atoms with Crippen molar-refractivity contribution >= 4 is 39.9 Å². The lowest BCUT2D eigenvalue weighted by atomic mass is 9.92. The largest absolute Gasteiger partial charge is 0.489 e. The van der Waals surface area contributed by atoms with Crippen molar-refractivity contribution in [2.24, 2.45) is 0 Å². The van der Waals surface area contributed by atoms with E-state index in [2.05, 4.69) is 20.1 Å². The van der Waals surface area contributed by atoms with Crippen molar-refractivity contribution in [3.05, 3.63) is 70.6 Å². The van der Waals surface area contributed by atoms with Gasteiger partial charge < -0.3 is 19.5 Å². The predicted octanol–water partition coefficient (Wildman–Crippen LogP) is 6.53. The summed E-state index contributed by atoms with van der Waals surface area (Å²) < 4.78 is 65.5. The number of carbonyl (C=O) groups excluding carboxylic acids is 2. The van der Waals surface area contributed by atoms with E-state index < -0.39 is 25.5 Å². The summed E-state index contributed by atoms with van der Waals surface area (Å²) >= 11 is 6.59. The first-order valence-electron chi connectivity index (χ1n) is 16.1. The van der Waals surface area contributed by atoms with E-state index in [1.165, 1.54) is 36.9 Å². The van der Waals surface area contributed by atoms with Gasteiger partial charge >= 0.3 is 0 Å². The molecule has 2 aromatic carbocycles. The van der Waals surface area contributed by atoms with Crippen molar-refractivity contribution in [2.45, 2.75) is 59.4 Å². The molecule has 9 nitrogen and oxygen atoms in total. The predicted molar refractivity (Wildman–Crippen MR) is 164 cm³/mol. The van der Waals surface area contributed by atoms with Gasteiger partial charge in [0.1, 0.15) is 29.6 Å². The van der Waals surface area contributed by atoms with E-state index in [0.717, 1.165) is 7.11 Å². The lowest BCUT2D eigenvalue weighted by Crippen LogP contribution is -2.13. The fourth-order valence-corrected chi connectivity index (χ4v) is 4.42. The molecule has 2 aromatic heterocycles. The smallest absolute Gasteiger partial charge is 0.221 e. The number of anilines is 1. The minimum absolute atomic E-state index is 0.0186. The molecule has 0 spiro atoms. The van der Waals surface area contributed by atoms with Crippen LogP contribution in [0.5, 0.6) is 17.2 Å². The van der Waals surface area contributed by atoms with Crippen LogP contribution in [0.25, 0.3) is 10.9 Å². The van der Waals surface area contributed by atoms with Crippen molar-refractivity contribution in [3.63, 3.8) is 0 Å². The molecule has 4 rings (SSSR count). The van der Waals surface area contributed by atoms with Crippen LogP contribution >= 0.6 is 11.6 Å². The van der Waals surface area contributed by atoms with Crippen molar-refractivity contribution in [3.8, 4) is 17.2 Å². The van der Waals surface area contributed by atoms with E-state index in [-0.39, 0.29) is 57.5 Å². The maximum absolute atomic E-state index is 13.1. The number of nitrogens with one attached hydrogen (secondary N) is 1. The zero-order chi connectivity index (χ0) is 35.8. The van der Waals surface area contributed by atoms with Crippen molar-refractivity contribution in [1.29, 1.82) is 0 Å². The Balaban J connectivity index is 1.59. The number of aromatic nitrogens is 3. The van der Waals surface area contributed by atoms with Crippen LogP contribution < -0.4 is 14.8 Å². The summed E-state index contributed by atoms with van der Waals surface area (Å²) in [4.78, 5) is 29.4. The number of pyridine rings is 1. The first kappa shape index (κ1) is 23.6. The number of fused-ring (bicyclic) bond motifs is 1. The van der Waals surface area contributed by atoms with Crippen molar-refractivity contribution < 1.29 is 32.0 Å². The average molecular weight is 599 g/mol. The molecule has 0 bridgehead atoms. The highest BCUT2D eigenvalue weighted by molar-refractivity contribution is 6.32. The van der Waals surface area contributed by atoms with E-state index in [9.17, 15) is 9.59 Å². The SMILES string of the molecule is [2H]C([2H])(C)n1nc(C(C)(C)C)cc1CC(=O)Cc1ccc(Oc2ccnc3cc(OC([2H])([2H])C([2H])([2H])OC)c(NC(C)=O)cc23)c(Cl)c1. The molecule has 2 heterocycles. The number of aryl methyl sites for hydroxylation is 1. The Morgan fingerprint density at radius 1 is 1.05 bits per heavy atom. The van der Waals surface area contributed by atoms with E-state index in [1.54, 1.807) is 30.3 Å². The van der Waals surface area contributed by atoms with Crippen LogP contribution in [-0.2, 0) is 39.1 Å². The second-order valence-corrected chi connectivity index (χ2v) is 10.9. The van der Waals surface area contributed by atoms with Crippen molar-refractivity contribution in [1.82, 2.24) is 14.8 Å². The highest BCUT2D eigenvalue weighted by atomic mass is 35.5. The number of ether oxygens (including phenoxy) is 3. The van der Waals surface area contributed by atoms with Gasteiger partial charge in [-0.15, -0.1) is 0 Å². The van der Waals surface area contributed by atoms with Gasteiger partial charge in [-0.1, -0.05) is 38.4 Å². The molecule has 0 saturated carbocycles. The number of benzene rings is 2. The molecule has 0 fully saturated rings. The molecule has 1 N–H and O–H groups in total. The lowest BCUT2D eigenvalue weighted by molar-refractivity contribution is -0.118. The van der Waals surface area contributed by atoms with Crippen molar-refractivity contribution in [2.75, 3.05) is 25.5 Å². The first-order chi connectivity index (χ1) is 22.1. The molecule has 0 saturated heterocycles. The maximum atomic E-state index is 13.1. The molecular weight excluding hydrogens is 556 g/mol. The number of methoxy groups -OCH3 is 1. The molecule has 0 aliphatic rings. The van der Waals surface area contributed by atoms with Gasteiger partial charge in [-0.25, -0.2) is 0 Å². The Morgan fingerprint density at radius 3 is 2.50 bits per heavy atom. The third-order valence-corrected chi connectivity index (χ3v) is 6.47. The van der Waals surface area contributed by atoms with E-state index in [0.29, 0.717) is 22.3 Å². The Bertz CT molecular complexity index is 1850. The number of nitrogens with zero attached hydrogens (tertiary/aromatic N) is 3. The summed E-state index contributed by atoms with van der Waals surface area (Å²) in [5, 5.41) is 7.62. The number of hydrogen-bond acceptors (Lipinski definition) is 7. The third-order valence-electron chi connectivity index (χ3n) is 6.18. The highest BCUT2D eigenvalue weighted by Crippen LogP contribution is 2.38. The van der Waals surface area contributed by atoms with Gasteiger partial charge in [0, 0.05) is 62.1 Å². The second-order valence-electron chi connectivity index (χ2n) is 10.5. The van der Waals surface area contributed by atoms with E-state index >= 15 is 0 Å². The number of carbonyl (C=O) groups is 2. The van der Waals surface area contributed by atoms with Gasteiger partial charge in [-0.3, -0.25) is 19.3 Å². The highest BCUT2D eigenvalue weighted by Gasteiger charge is 2.21. The maximum Gasteiger partial charge on any atom is 0.221 e. The zero-order valence-electron chi connectivity index (χ0n) is 30.3. The zero-order valence-corrected chi connectivity index (χ0v) is 25.0. The molecule has 10 heteroatoms. The number of halogens is 1. The summed E-state index contributed by atoms with van der Waals surface area (Å²) in [5.74, 6) is -0.277. The quantitative estimate of drug-likeness (QED) is 0.198. The van der Waals surface area contributed by atoms with Gasteiger partial charge in [0.25, 0.3) is 0 Å². The molecule has 0 atom stereocenters. The molecule has 4 aromatic rings. The fraction of sp³-hybridized carbons (Fsp3) is 0.375. The van der Waals surface area contributed by atoms with Gasteiger partial charge in [-0.05, 0) is 42.8 Å². The number of hydrogen-bond donors (Lipinski definition) is 1. The van der Waals surface area contributed by atoms with Crippen LogP contribution in [0.2, 0.25) is 5.02 Å².